The molecule has 29 heavy (non-hydrogen) atoms. The van der Waals surface area contributed by atoms with Gasteiger partial charge in [-0.1, -0.05) is 6.07 Å². The van der Waals surface area contributed by atoms with Crippen LogP contribution >= 0.6 is 0 Å². The Balaban J connectivity index is 1.92. The van der Waals surface area contributed by atoms with E-state index in [1.807, 2.05) is 0 Å². The maximum Gasteiger partial charge on any atom is 0.416 e. The highest BCUT2D eigenvalue weighted by molar-refractivity contribution is 5.79. The minimum atomic E-state index is -4.55. The third-order valence-electron chi connectivity index (χ3n) is 4.59. The smallest absolute Gasteiger partial charge is 0.416 e. The first-order valence-corrected chi connectivity index (χ1v) is 9.40. The predicted octanol–water partition coefficient (Wildman–Crippen LogP) is 3.98. The largest absolute Gasteiger partial charge is 0.497 e. The number of piperidine rings is 1. The molecule has 0 saturated carbocycles. The molecule has 0 aromatic heterocycles. The molecule has 1 aromatic rings. The van der Waals surface area contributed by atoms with Crippen molar-refractivity contribution in [3.63, 3.8) is 0 Å². The van der Waals surface area contributed by atoms with E-state index in [2.05, 4.69) is 5.32 Å². The van der Waals surface area contributed by atoms with Gasteiger partial charge in [-0.15, -0.1) is 0 Å². The van der Waals surface area contributed by atoms with Gasteiger partial charge in [0.1, 0.15) is 11.4 Å². The molecular weight excluding hydrogens is 389 g/mol. The molecule has 1 N–H and O–H groups in total. The molecule has 9 heteroatoms. The average molecular weight is 416 g/mol. The summed E-state index contributed by atoms with van der Waals surface area (Å²) in [4.78, 5) is 26.0. The second-order valence-corrected chi connectivity index (χ2v) is 7.98. The zero-order chi connectivity index (χ0) is 21.8. The Morgan fingerprint density at radius 2 is 1.79 bits per heavy atom. The van der Waals surface area contributed by atoms with Crippen LogP contribution in [-0.2, 0) is 22.3 Å². The van der Waals surface area contributed by atoms with Crippen molar-refractivity contribution in [1.29, 1.82) is 0 Å². The van der Waals surface area contributed by atoms with Gasteiger partial charge >= 0.3 is 12.3 Å². The van der Waals surface area contributed by atoms with Crippen LogP contribution in [0.4, 0.5) is 18.0 Å². The number of nitrogens with zero attached hydrogens (tertiary/aromatic N) is 1. The molecule has 1 heterocycles. The first-order valence-electron chi connectivity index (χ1n) is 9.40. The number of likely N-dealkylation sites (tertiary alicyclic amines) is 1. The summed E-state index contributed by atoms with van der Waals surface area (Å²) in [5.74, 6) is -0.582. The van der Waals surface area contributed by atoms with E-state index in [1.165, 1.54) is 19.2 Å². The Morgan fingerprint density at radius 3 is 2.31 bits per heavy atom. The molecule has 6 nitrogen and oxygen atoms in total. The molecule has 1 aromatic carbocycles. The molecule has 2 rings (SSSR count). The van der Waals surface area contributed by atoms with E-state index in [0.29, 0.717) is 25.9 Å². The summed E-state index contributed by atoms with van der Waals surface area (Å²) in [6.07, 6.45) is -4.11. The van der Waals surface area contributed by atoms with E-state index >= 15 is 0 Å². The highest BCUT2D eigenvalue weighted by Crippen LogP contribution is 2.34. The number of benzene rings is 1. The predicted molar refractivity (Wildman–Crippen MR) is 100 cm³/mol. The quantitative estimate of drug-likeness (QED) is 0.806. The van der Waals surface area contributed by atoms with E-state index in [4.69, 9.17) is 9.47 Å². The zero-order valence-electron chi connectivity index (χ0n) is 17.1. The first-order chi connectivity index (χ1) is 13.4. The number of rotatable bonds is 4. The van der Waals surface area contributed by atoms with Crippen LogP contribution in [0.25, 0.3) is 0 Å². The molecule has 1 aliphatic rings. The van der Waals surface area contributed by atoms with Crippen LogP contribution in [-0.4, -0.2) is 42.7 Å². The maximum atomic E-state index is 13.3. The topological polar surface area (TPSA) is 67.9 Å². The second kappa shape index (κ2) is 8.92. The number of hydrogen-bond acceptors (Lipinski definition) is 4. The summed E-state index contributed by atoms with van der Waals surface area (Å²) in [7, 11) is 1.29. The van der Waals surface area contributed by atoms with Gasteiger partial charge in [-0.3, -0.25) is 4.79 Å². The number of carbonyl (C=O) groups excluding carboxylic acids is 2. The molecule has 0 radical (unpaired) electrons. The molecular formula is C20H27F3N2O4. The molecule has 1 fully saturated rings. The van der Waals surface area contributed by atoms with E-state index in [0.717, 1.165) is 6.07 Å². The molecule has 2 amide bonds. The van der Waals surface area contributed by atoms with Gasteiger partial charge in [-0.25, -0.2) is 4.79 Å². The first kappa shape index (κ1) is 22.8. The lowest BCUT2D eigenvalue weighted by atomic mass is 9.96. The fraction of sp³-hybridized carbons (Fsp3) is 0.600. The van der Waals surface area contributed by atoms with E-state index in [9.17, 15) is 22.8 Å². The standard InChI is InChI=1S/C20H27F3N2O4/c1-19(2,3)29-18(27)25-9-7-13(8-10-25)17(26)24-12-14-5-6-15(28-4)11-16(14)20(21,22)23/h5-6,11,13H,7-10,12H2,1-4H3,(H,24,26). The van der Waals surface area contributed by atoms with Crippen LogP contribution < -0.4 is 10.1 Å². The SMILES string of the molecule is COc1ccc(CNC(=O)C2CCN(C(=O)OC(C)(C)C)CC2)c(C(F)(F)F)c1. The van der Waals surface area contributed by atoms with Crippen molar-refractivity contribution in [1.82, 2.24) is 10.2 Å². The fourth-order valence-electron chi connectivity index (χ4n) is 3.08. The minimum absolute atomic E-state index is 0.0298. The molecule has 1 saturated heterocycles. The Labute approximate surface area is 168 Å². The van der Waals surface area contributed by atoms with Gasteiger partial charge in [0.05, 0.1) is 12.7 Å². The molecule has 1 aliphatic heterocycles. The van der Waals surface area contributed by atoms with Gasteiger partial charge < -0.3 is 19.7 Å². The van der Waals surface area contributed by atoms with Crippen molar-refractivity contribution < 1.29 is 32.2 Å². The van der Waals surface area contributed by atoms with E-state index in [1.54, 1.807) is 25.7 Å². The molecule has 0 bridgehead atoms. The summed E-state index contributed by atoms with van der Waals surface area (Å²) in [5, 5.41) is 2.59. The van der Waals surface area contributed by atoms with Crippen molar-refractivity contribution in [2.24, 2.45) is 5.92 Å². The molecule has 0 aliphatic carbocycles. The van der Waals surface area contributed by atoms with Crippen molar-refractivity contribution >= 4 is 12.0 Å². The van der Waals surface area contributed by atoms with Crippen molar-refractivity contribution in [3.05, 3.63) is 29.3 Å². The van der Waals surface area contributed by atoms with Crippen molar-refractivity contribution in [3.8, 4) is 5.75 Å². The number of halogens is 3. The fourth-order valence-corrected chi connectivity index (χ4v) is 3.08. The summed E-state index contributed by atoms with van der Waals surface area (Å²) in [6, 6.07) is 3.64. The number of nitrogens with one attached hydrogen (secondary N) is 1. The van der Waals surface area contributed by atoms with Crippen LogP contribution in [0.1, 0.15) is 44.7 Å². The van der Waals surface area contributed by atoms with Gasteiger partial charge in [0.15, 0.2) is 0 Å². The number of hydrogen-bond donors (Lipinski definition) is 1. The minimum Gasteiger partial charge on any atom is -0.497 e. The third kappa shape index (κ3) is 6.54. The maximum absolute atomic E-state index is 13.3. The van der Waals surface area contributed by atoms with Gasteiger partial charge in [0.25, 0.3) is 0 Å². The lowest BCUT2D eigenvalue weighted by molar-refractivity contribution is -0.138. The highest BCUT2D eigenvalue weighted by atomic mass is 19.4. The second-order valence-electron chi connectivity index (χ2n) is 7.98. The third-order valence-corrected chi connectivity index (χ3v) is 4.59. The van der Waals surface area contributed by atoms with Crippen molar-refractivity contribution in [2.45, 2.75) is 51.9 Å². The van der Waals surface area contributed by atoms with Crippen molar-refractivity contribution in [2.75, 3.05) is 20.2 Å². The summed E-state index contributed by atoms with van der Waals surface area (Å²) in [6.45, 7) is 5.83. The van der Waals surface area contributed by atoms with Gasteiger partial charge in [-0.2, -0.15) is 13.2 Å². The number of alkyl halides is 3. The summed E-state index contributed by atoms with van der Waals surface area (Å²) < 4.78 is 50.0. The molecule has 0 unspecified atom stereocenters. The molecule has 0 atom stereocenters. The Bertz CT molecular complexity index is 736. The van der Waals surface area contributed by atoms with Crippen LogP contribution in [0, 0.1) is 5.92 Å². The number of amides is 2. The molecule has 162 valence electrons. The highest BCUT2D eigenvalue weighted by Gasteiger charge is 2.34. The average Bonchev–Trinajstić information content (AvgIpc) is 2.64. The van der Waals surface area contributed by atoms with Gasteiger partial charge in [0, 0.05) is 25.6 Å². The van der Waals surface area contributed by atoms with Crippen LogP contribution in [0.15, 0.2) is 18.2 Å². The summed E-state index contributed by atoms with van der Waals surface area (Å²) in [5.41, 5.74) is -1.46. The van der Waals surface area contributed by atoms with Crippen LogP contribution in [0.5, 0.6) is 5.75 Å². The zero-order valence-corrected chi connectivity index (χ0v) is 17.1. The number of ether oxygens (including phenoxy) is 2. The lowest BCUT2D eigenvalue weighted by Crippen LogP contribution is -2.44. The van der Waals surface area contributed by atoms with Gasteiger partial charge in [-0.05, 0) is 51.3 Å². The van der Waals surface area contributed by atoms with Crippen LogP contribution in [0.3, 0.4) is 0 Å². The number of carbonyl (C=O) groups is 2. The lowest BCUT2D eigenvalue weighted by Gasteiger charge is -2.33. The summed E-state index contributed by atoms with van der Waals surface area (Å²) >= 11 is 0. The Kier molecular flexibility index (Phi) is 7.02. The van der Waals surface area contributed by atoms with Gasteiger partial charge in [0.2, 0.25) is 5.91 Å². The monoisotopic (exact) mass is 416 g/mol. The normalized spacial score (nSPS) is 15.8. The Hall–Kier alpha value is -2.45. The number of methoxy groups -OCH3 is 1. The van der Waals surface area contributed by atoms with Crippen LogP contribution in [0.2, 0.25) is 0 Å². The Morgan fingerprint density at radius 1 is 1.17 bits per heavy atom. The van der Waals surface area contributed by atoms with E-state index in [-0.39, 0.29) is 29.7 Å². The van der Waals surface area contributed by atoms with E-state index < -0.39 is 23.4 Å². The molecule has 0 spiro atoms.